The Hall–Kier alpha value is -2.42. The van der Waals surface area contributed by atoms with Crippen LogP contribution in [0.15, 0.2) is 18.2 Å². The molecule has 3 fully saturated rings. The topological polar surface area (TPSA) is 78.5 Å². The van der Waals surface area contributed by atoms with Crippen LogP contribution < -0.4 is 10.6 Å². The first-order valence-electron chi connectivity index (χ1n) is 12.7. The third kappa shape index (κ3) is 5.25. The fourth-order valence-corrected chi connectivity index (χ4v) is 6.20. The molecule has 4 atom stereocenters. The van der Waals surface area contributed by atoms with Crippen molar-refractivity contribution in [1.29, 1.82) is 0 Å². The summed E-state index contributed by atoms with van der Waals surface area (Å²) in [5.74, 6) is -3.35. The van der Waals surface area contributed by atoms with Gasteiger partial charge in [-0.1, -0.05) is 12.1 Å². The van der Waals surface area contributed by atoms with Crippen molar-refractivity contribution in [2.45, 2.75) is 101 Å². The molecule has 190 valence electrons. The quantitative estimate of drug-likeness (QED) is 0.617. The summed E-state index contributed by atoms with van der Waals surface area (Å²) in [7, 11) is 0. The van der Waals surface area contributed by atoms with E-state index in [-0.39, 0.29) is 49.1 Å². The monoisotopic (exact) mass is 491 g/mol. The summed E-state index contributed by atoms with van der Waals surface area (Å²) < 4.78 is 41.4. The van der Waals surface area contributed by atoms with E-state index in [1.54, 1.807) is 6.07 Å². The predicted octanol–water partition coefficient (Wildman–Crippen LogP) is 3.66. The van der Waals surface area contributed by atoms with Gasteiger partial charge >= 0.3 is 0 Å². The standard InChI is InChI=1S/C26H32F3N3O3/c27-18-3-2-16(21(13-18)30-19-7-9-26(28,29)10-8-19)11-15-1-4-20-17(12-15)14-32(25(20)35)22-5-6-23(33)31-24(22)34/h1,4,12,16,18-19,21-22,30H,2-3,5-11,13-14H2,(H,31,33,34)/t16-,18-,21+,22?/m1/s1. The van der Waals surface area contributed by atoms with Crippen molar-refractivity contribution in [3.8, 4) is 0 Å². The molecule has 1 unspecified atom stereocenters. The smallest absolute Gasteiger partial charge is 0.255 e. The van der Waals surface area contributed by atoms with Crippen molar-refractivity contribution in [2.24, 2.45) is 5.92 Å². The zero-order chi connectivity index (χ0) is 24.7. The number of piperidine rings is 1. The van der Waals surface area contributed by atoms with Gasteiger partial charge < -0.3 is 10.2 Å². The number of benzene rings is 1. The molecule has 3 amide bonds. The molecule has 0 radical (unpaired) electrons. The molecule has 5 rings (SSSR count). The molecule has 2 aliphatic carbocycles. The van der Waals surface area contributed by atoms with Gasteiger partial charge in [0.15, 0.2) is 0 Å². The lowest BCUT2D eigenvalue weighted by Crippen LogP contribution is -2.52. The van der Waals surface area contributed by atoms with Crippen LogP contribution in [0.1, 0.15) is 79.3 Å². The first-order chi connectivity index (χ1) is 16.7. The maximum Gasteiger partial charge on any atom is 0.255 e. The zero-order valence-corrected chi connectivity index (χ0v) is 19.7. The molecule has 35 heavy (non-hydrogen) atoms. The Morgan fingerprint density at radius 1 is 1.06 bits per heavy atom. The van der Waals surface area contributed by atoms with Gasteiger partial charge in [-0.25, -0.2) is 13.2 Å². The van der Waals surface area contributed by atoms with Crippen molar-refractivity contribution >= 4 is 17.7 Å². The Balaban J connectivity index is 1.25. The normalized spacial score (nSPS) is 31.4. The van der Waals surface area contributed by atoms with Crippen LogP contribution in [-0.2, 0) is 22.6 Å². The van der Waals surface area contributed by atoms with E-state index in [4.69, 9.17) is 0 Å². The van der Waals surface area contributed by atoms with E-state index in [0.29, 0.717) is 50.6 Å². The number of rotatable bonds is 5. The number of alkyl halides is 3. The largest absolute Gasteiger partial charge is 0.322 e. The first kappa shape index (κ1) is 24.3. The summed E-state index contributed by atoms with van der Waals surface area (Å²) in [6, 6.07) is 5.00. The summed E-state index contributed by atoms with van der Waals surface area (Å²) in [5, 5.41) is 5.82. The van der Waals surface area contributed by atoms with Crippen LogP contribution in [0.4, 0.5) is 13.2 Å². The van der Waals surface area contributed by atoms with E-state index in [0.717, 1.165) is 17.5 Å². The summed E-state index contributed by atoms with van der Waals surface area (Å²) in [4.78, 5) is 38.2. The van der Waals surface area contributed by atoms with E-state index in [2.05, 4.69) is 10.6 Å². The third-order valence-electron chi connectivity index (χ3n) is 8.18. The van der Waals surface area contributed by atoms with Crippen molar-refractivity contribution in [3.05, 3.63) is 34.9 Å². The molecule has 1 aromatic rings. The number of carbonyl (C=O) groups is 3. The molecule has 0 bridgehead atoms. The number of halogens is 3. The Labute approximate surface area is 203 Å². The van der Waals surface area contributed by atoms with Crippen molar-refractivity contribution in [1.82, 2.24) is 15.5 Å². The minimum absolute atomic E-state index is 0.00727. The fraction of sp³-hybridized carbons (Fsp3) is 0.654. The second-order valence-corrected chi connectivity index (χ2v) is 10.7. The van der Waals surface area contributed by atoms with Gasteiger partial charge in [-0.3, -0.25) is 19.7 Å². The Bertz CT molecular complexity index is 1010. The van der Waals surface area contributed by atoms with E-state index in [1.807, 2.05) is 12.1 Å². The number of hydrogen-bond acceptors (Lipinski definition) is 4. The average Bonchev–Trinajstić information content (AvgIpc) is 3.12. The van der Waals surface area contributed by atoms with Crippen molar-refractivity contribution in [3.63, 3.8) is 0 Å². The summed E-state index contributed by atoms with van der Waals surface area (Å²) in [5.41, 5.74) is 2.48. The second kappa shape index (κ2) is 9.56. The van der Waals surface area contributed by atoms with Crippen molar-refractivity contribution < 1.29 is 27.6 Å². The molecule has 1 aromatic carbocycles. The number of hydrogen-bond donors (Lipinski definition) is 2. The Morgan fingerprint density at radius 3 is 2.57 bits per heavy atom. The average molecular weight is 492 g/mol. The van der Waals surface area contributed by atoms with E-state index < -0.39 is 24.0 Å². The lowest BCUT2D eigenvalue weighted by molar-refractivity contribution is -0.136. The highest BCUT2D eigenvalue weighted by Gasteiger charge is 2.40. The van der Waals surface area contributed by atoms with Gasteiger partial charge in [-0.2, -0.15) is 0 Å². The molecule has 0 aromatic heterocycles. The second-order valence-electron chi connectivity index (χ2n) is 10.7. The number of imide groups is 1. The summed E-state index contributed by atoms with van der Waals surface area (Å²) in [6.45, 7) is 0.323. The van der Waals surface area contributed by atoms with Gasteiger partial charge in [0.1, 0.15) is 12.2 Å². The SMILES string of the molecule is O=C1CCC(N2Cc3cc(C[C@H]4CC[C@@H](F)C[C@@H]4NC4CCC(F)(F)CC4)ccc3C2=O)C(=O)N1. The highest BCUT2D eigenvalue weighted by Crippen LogP contribution is 2.36. The van der Waals surface area contributed by atoms with Crippen LogP contribution in [0.3, 0.4) is 0 Å². The van der Waals surface area contributed by atoms with Gasteiger partial charge in [0.25, 0.3) is 5.91 Å². The highest BCUT2D eigenvalue weighted by atomic mass is 19.3. The van der Waals surface area contributed by atoms with Gasteiger partial charge in [0.2, 0.25) is 17.7 Å². The van der Waals surface area contributed by atoms with Gasteiger partial charge in [-0.05, 0) is 68.1 Å². The first-order valence-corrected chi connectivity index (χ1v) is 12.7. The molecule has 2 N–H and O–H groups in total. The van der Waals surface area contributed by atoms with Gasteiger partial charge in [-0.15, -0.1) is 0 Å². The minimum atomic E-state index is -2.59. The molecule has 6 nitrogen and oxygen atoms in total. The fourth-order valence-electron chi connectivity index (χ4n) is 6.20. The highest BCUT2D eigenvalue weighted by molar-refractivity contribution is 6.05. The Morgan fingerprint density at radius 2 is 1.83 bits per heavy atom. The molecule has 2 heterocycles. The van der Waals surface area contributed by atoms with E-state index in [1.165, 1.54) is 4.90 Å². The van der Waals surface area contributed by atoms with Gasteiger partial charge in [0, 0.05) is 43.5 Å². The maximum absolute atomic E-state index is 14.3. The predicted molar refractivity (Wildman–Crippen MR) is 123 cm³/mol. The number of nitrogens with zero attached hydrogens (tertiary/aromatic N) is 1. The molecular weight excluding hydrogens is 459 g/mol. The van der Waals surface area contributed by atoms with Crippen LogP contribution in [0, 0.1) is 5.92 Å². The molecule has 1 saturated heterocycles. The molecule has 4 aliphatic rings. The number of fused-ring (bicyclic) bond motifs is 1. The van der Waals surface area contributed by atoms with E-state index >= 15 is 0 Å². The van der Waals surface area contributed by atoms with Crippen molar-refractivity contribution in [2.75, 3.05) is 0 Å². The Kier molecular flexibility index (Phi) is 6.63. The summed E-state index contributed by atoms with van der Waals surface area (Å²) >= 11 is 0. The third-order valence-corrected chi connectivity index (χ3v) is 8.18. The molecular formula is C26H32F3N3O3. The van der Waals surface area contributed by atoms with Gasteiger partial charge in [0.05, 0.1) is 0 Å². The van der Waals surface area contributed by atoms with Crippen LogP contribution in [-0.4, -0.2) is 52.8 Å². The van der Waals surface area contributed by atoms with Crippen LogP contribution in [0.25, 0.3) is 0 Å². The number of carbonyl (C=O) groups excluding carboxylic acids is 3. The van der Waals surface area contributed by atoms with Crippen LogP contribution >= 0.6 is 0 Å². The zero-order valence-electron chi connectivity index (χ0n) is 19.7. The van der Waals surface area contributed by atoms with E-state index in [9.17, 15) is 27.6 Å². The molecule has 2 aliphatic heterocycles. The minimum Gasteiger partial charge on any atom is -0.322 e. The summed E-state index contributed by atoms with van der Waals surface area (Å²) in [6.07, 6.45) is 2.56. The van der Waals surface area contributed by atoms with Crippen LogP contribution in [0.2, 0.25) is 0 Å². The molecule has 9 heteroatoms. The lowest BCUT2D eigenvalue weighted by Gasteiger charge is -2.39. The number of amides is 3. The lowest BCUT2D eigenvalue weighted by atomic mass is 9.78. The van der Waals surface area contributed by atoms with Crippen LogP contribution in [0.5, 0.6) is 0 Å². The molecule has 2 saturated carbocycles. The molecule has 0 spiro atoms. The maximum atomic E-state index is 14.3. The number of nitrogens with one attached hydrogen (secondary N) is 2.